The summed E-state index contributed by atoms with van der Waals surface area (Å²) in [4.78, 5) is 3.84. The summed E-state index contributed by atoms with van der Waals surface area (Å²) in [6.07, 6.45) is 1.69. The minimum absolute atomic E-state index is 0.628. The first-order valence-corrected chi connectivity index (χ1v) is 3.87. The quantitative estimate of drug-likeness (QED) is 0.600. The van der Waals surface area contributed by atoms with Gasteiger partial charge < -0.3 is 0 Å². The normalized spacial score (nSPS) is 10.8. The molecule has 0 fully saturated rings. The molecule has 0 saturated heterocycles. The summed E-state index contributed by atoms with van der Waals surface area (Å²) < 4.78 is 0. The summed E-state index contributed by atoms with van der Waals surface area (Å²) in [7, 11) is 1.70. The maximum Gasteiger partial charge on any atom is 0.0508 e. The molecule has 0 aliphatic heterocycles. The predicted octanol–water partition coefficient (Wildman–Crippen LogP) is 3.04. The molecule has 0 saturated carbocycles. The zero-order valence-corrected chi connectivity index (χ0v) is 7.52. The molecule has 0 aliphatic rings. The van der Waals surface area contributed by atoms with E-state index in [0.29, 0.717) is 10.0 Å². The van der Waals surface area contributed by atoms with Gasteiger partial charge in [-0.05, 0) is 12.1 Å². The van der Waals surface area contributed by atoms with Crippen LogP contribution in [0.15, 0.2) is 23.2 Å². The van der Waals surface area contributed by atoms with Gasteiger partial charge in [-0.25, -0.2) is 0 Å². The van der Waals surface area contributed by atoms with Crippen molar-refractivity contribution >= 4 is 29.4 Å². The highest BCUT2D eigenvalue weighted by atomic mass is 35.5. The Bertz CT molecular complexity index is 281. The van der Waals surface area contributed by atoms with Crippen molar-refractivity contribution in [1.82, 2.24) is 0 Å². The average molecular weight is 188 g/mol. The first kappa shape index (κ1) is 8.57. The first-order chi connectivity index (χ1) is 5.24. The Morgan fingerprint density at radius 1 is 1.36 bits per heavy atom. The van der Waals surface area contributed by atoms with Gasteiger partial charge in [0.2, 0.25) is 0 Å². The lowest BCUT2D eigenvalue weighted by atomic mass is 10.2. The van der Waals surface area contributed by atoms with Crippen molar-refractivity contribution in [2.45, 2.75) is 0 Å². The van der Waals surface area contributed by atoms with Gasteiger partial charge in [-0.3, -0.25) is 4.99 Å². The molecule has 0 amide bonds. The van der Waals surface area contributed by atoms with Crippen molar-refractivity contribution in [1.29, 1.82) is 0 Å². The maximum atomic E-state index is 5.83. The zero-order valence-electron chi connectivity index (χ0n) is 6.01. The molecule has 0 aliphatic carbocycles. The van der Waals surface area contributed by atoms with Gasteiger partial charge in [-0.2, -0.15) is 0 Å². The van der Waals surface area contributed by atoms with E-state index in [1.54, 1.807) is 25.4 Å². The summed E-state index contributed by atoms with van der Waals surface area (Å²) in [6.45, 7) is 0. The van der Waals surface area contributed by atoms with Crippen LogP contribution in [-0.2, 0) is 0 Å². The molecular weight excluding hydrogens is 181 g/mol. The predicted molar refractivity (Wildman–Crippen MR) is 50.0 cm³/mol. The molecule has 0 aromatic heterocycles. The van der Waals surface area contributed by atoms with Gasteiger partial charge in [-0.15, -0.1) is 0 Å². The Hall–Kier alpha value is -0.530. The summed E-state index contributed by atoms with van der Waals surface area (Å²) in [5.74, 6) is 0. The standard InChI is InChI=1S/C8H7Cl2N/c1-11-5-6-2-3-7(9)4-8(6)10/h2-5H,1H3. The number of benzene rings is 1. The average Bonchev–Trinajstić information content (AvgIpc) is 1.95. The Balaban J connectivity index is 3.09. The third-order valence-electron chi connectivity index (χ3n) is 1.23. The molecule has 0 N–H and O–H groups in total. The molecule has 0 bridgehead atoms. The molecule has 0 atom stereocenters. The minimum atomic E-state index is 0.628. The van der Waals surface area contributed by atoms with E-state index in [9.17, 15) is 0 Å². The van der Waals surface area contributed by atoms with Gasteiger partial charge in [0.15, 0.2) is 0 Å². The molecule has 1 aromatic rings. The van der Waals surface area contributed by atoms with Crippen LogP contribution in [0.4, 0.5) is 0 Å². The van der Waals surface area contributed by atoms with Crippen molar-refractivity contribution in [2.75, 3.05) is 7.05 Å². The highest BCUT2D eigenvalue weighted by Crippen LogP contribution is 2.19. The molecule has 0 unspecified atom stereocenters. The molecule has 58 valence electrons. The number of aliphatic imine (C=N–C) groups is 1. The lowest BCUT2D eigenvalue weighted by Gasteiger charge is -1.96. The second kappa shape index (κ2) is 3.74. The molecule has 1 nitrogen and oxygen atoms in total. The van der Waals surface area contributed by atoms with Crippen molar-refractivity contribution in [3.05, 3.63) is 33.8 Å². The van der Waals surface area contributed by atoms with E-state index in [2.05, 4.69) is 4.99 Å². The van der Waals surface area contributed by atoms with Gasteiger partial charge >= 0.3 is 0 Å². The zero-order chi connectivity index (χ0) is 8.27. The summed E-state index contributed by atoms with van der Waals surface area (Å²) >= 11 is 11.5. The fourth-order valence-electron chi connectivity index (χ4n) is 0.745. The van der Waals surface area contributed by atoms with Crippen molar-refractivity contribution in [3.8, 4) is 0 Å². The van der Waals surface area contributed by atoms with Crippen LogP contribution in [-0.4, -0.2) is 13.3 Å². The van der Waals surface area contributed by atoms with Crippen LogP contribution >= 0.6 is 23.2 Å². The number of nitrogens with zero attached hydrogens (tertiary/aromatic N) is 1. The topological polar surface area (TPSA) is 12.4 Å². The van der Waals surface area contributed by atoms with E-state index in [4.69, 9.17) is 23.2 Å². The van der Waals surface area contributed by atoms with E-state index in [1.807, 2.05) is 6.07 Å². The fraction of sp³-hybridized carbons (Fsp3) is 0.125. The third-order valence-corrected chi connectivity index (χ3v) is 1.79. The number of hydrogen-bond donors (Lipinski definition) is 0. The molecular formula is C8H7Cl2N. The highest BCUT2D eigenvalue weighted by molar-refractivity contribution is 6.36. The van der Waals surface area contributed by atoms with Crippen LogP contribution in [0.25, 0.3) is 0 Å². The van der Waals surface area contributed by atoms with Gasteiger partial charge in [-0.1, -0.05) is 29.3 Å². The smallest absolute Gasteiger partial charge is 0.0508 e. The van der Waals surface area contributed by atoms with E-state index in [-0.39, 0.29) is 0 Å². The summed E-state index contributed by atoms with van der Waals surface area (Å²) in [5.41, 5.74) is 0.888. The first-order valence-electron chi connectivity index (χ1n) is 3.11. The Labute approximate surface area is 75.7 Å². The van der Waals surface area contributed by atoms with Crippen LogP contribution in [0.1, 0.15) is 5.56 Å². The van der Waals surface area contributed by atoms with Crippen LogP contribution in [0.2, 0.25) is 10.0 Å². The second-order valence-corrected chi connectivity index (χ2v) is 2.90. The highest BCUT2D eigenvalue weighted by Gasteiger charge is 1.96. The molecule has 0 radical (unpaired) electrons. The van der Waals surface area contributed by atoms with Crippen molar-refractivity contribution < 1.29 is 0 Å². The van der Waals surface area contributed by atoms with Crippen molar-refractivity contribution in [2.24, 2.45) is 4.99 Å². The van der Waals surface area contributed by atoms with E-state index in [1.165, 1.54) is 0 Å². The summed E-state index contributed by atoms with van der Waals surface area (Å²) in [6, 6.07) is 5.31. The Morgan fingerprint density at radius 2 is 2.09 bits per heavy atom. The molecule has 0 spiro atoms. The molecule has 11 heavy (non-hydrogen) atoms. The molecule has 0 heterocycles. The molecule has 1 rings (SSSR count). The number of hydrogen-bond acceptors (Lipinski definition) is 1. The third kappa shape index (κ3) is 2.21. The monoisotopic (exact) mass is 187 g/mol. The number of halogens is 2. The molecule has 3 heteroatoms. The Morgan fingerprint density at radius 3 is 2.64 bits per heavy atom. The van der Waals surface area contributed by atoms with Gasteiger partial charge in [0.05, 0.1) is 5.02 Å². The van der Waals surface area contributed by atoms with Gasteiger partial charge in [0, 0.05) is 23.8 Å². The second-order valence-electron chi connectivity index (χ2n) is 2.05. The maximum absolute atomic E-state index is 5.83. The van der Waals surface area contributed by atoms with Crippen LogP contribution in [0.5, 0.6) is 0 Å². The van der Waals surface area contributed by atoms with E-state index >= 15 is 0 Å². The minimum Gasteiger partial charge on any atom is -0.296 e. The fourth-order valence-corrected chi connectivity index (χ4v) is 1.20. The SMILES string of the molecule is CN=Cc1ccc(Cl)cc1Cl. The Kier molecular flexibility index (Phi) is 2.92. The van der Waals surface area contributed by atoms with E-state index < -0.39 is 0 Å². The largest absolute Gasteiger partial charge is 0.296 e. The van der Waals surface area contributed by atoms with Crippen LogP contribution < -0.4 is 0 Å². The van der Waals surface area contributed by atoms with E-state index in [0.717, 1.165) is 5.56 Å². The molecule has 1 aromatic carbocycles. The lowest BCUT2D eigenvalue weighted by molar-refractivity contribution is 1.46. The van der Waals surface area contributed by atoms with Crippen molar-refractivity contribution in [3.63, 3.8) is 0 Å². The van der Waals surface area contributed by atoms with Crippen LogP contribution in [0.3, 0.4) is 0 Å². The van der Waals surface area contributed by atoms with Crippen LogP contribution in [0, 0.1) is 0 Å². The van der Waals surface area contributed by atoms with Gasteiger partial charge in [0.1, 0.15) is 0 Å². The summed E-state index contributed by atoms with van der Waals surface area (Å²) in [5, 5.41) is 1.27. The van der Waals surface area contributed by atoms with Gasteiger partial charge in [0.25, 0.3) is 0 Å². The lowest BCUT2D eigenvalue weighted by Crippen LogP contribution is -1.81. The number of rotatable bonds is 1.